The van der Waals surface area contributed by atoms with Gasteiger partial charge in [-0.25, -0.2) is 0 Å². The van der Waals surface area contributed by atoms with Gasteiger partial charge in [0.25, 0.3) is 0 Å². The molecule has 2 aliphatic heterocycles. The van der Waals surface area contributed by atoms with E-state index in [0.29, 0.717) is 19.0 Å². The number of likely N-dealkylation sites (tertiary alicyclic amines) is 2. The molecule has 0 aromatic rings. The molecule has 20 heavy (non-hydrogen) atoms. The fourth-order valence-corrected chi connectivity index (χ4v) is 3.65. The summed E-state index contributed by atoms with van der Waals surface area (Å²) in [5.41, 5.74) is 0. The van der Waals surface area contributed by atoms with Gasteiger partial charge in [0.15, 0.2) is 0 Å². The molecule has 0 aromatic carbocycles. The molecular weight excluding hydrogens is 287 g/mol. The molecule has 0 saturated carbocycles. The average molecular weight is 308 g/mol. The largest absolute Gasteiger partial charge is 0.395 e. The molecular formula is C12H21FN2O4S. The van der Waals surface area contributed by atoms with Crippen LogP contribution in [0.1, 0.15) is 19.3 Å². The van der Waals surface area contributed by atoms with E-state index in [-0.39, 0.29) is 25.5 Å². The minimum atomic E-state index is -4.62. The summed E-state index contributed by atoms with van der Waals surface area (Å²) < 4.78 is 34.6. The third-order valence-electron chi connectivity index (χ3n) is 4.18. The number of aliphatic hydroxyl groups is 1. The normalized spacial score (nSPS) is 26.4. The van der Waals surface area contributed by atoms with E-state index in [9.17, 15) is 17.1 Å². The summed E-state index contributed by atoms with van der Waals surface area (Å²) >= 11 is 0. The molecule has 2 saturated heterocycles. The first-order valence-electron chi connectivity index (χ1n) is 6.94. The number of amides is 1. The lowest BCUT2D eigenvalue weighted by molar-refractivity contribution is -0.128. The number of piperidine rings is 1. The van der Waals surface area contributed by atoms with Crippen molar-refractivity contribution in [2.24, 2.45) is 5.92 Å². The van der Waals surface area contributed by atoms with Gasteiger partial charge in [-0.2, -0.15) is 8.42 Å². The lowest BCUT2D eigenvalue weighted by Gasteiger charge is -2.33. The summed E-state index contributed by atoms with van der Waals surface area (Å²) in [7, 11) is -4.62. The first-order chi connectivity index (χ1) is 9.40. The maximum Gasteiger partial charge on any atom is 0.307 e. The van der Waals surface area contributed by atoms with Gasteiger partial charge in [-0.1, -0.05) is 0 Å². The zero-order chi connectivity index (χ0) is 14.8. The molecule has 6 nitrogen and oxygen atoms in total. The first-order valence-corrected chi connectivity index (χ1v) is 8.39. The van der Waals surface area contributed by atoms with Crippen molar-refractivity contribution in [1.82, 2.24) is 9.80 Å². The van der Waals surface area contributed by atoms with E-state index < -0.39 is 15.5 Å². The number of rotatable bonds is 5. The van der Waals surface area contributed by atoms with Crippen LogP contribution < -0.4 is 0 Å². The van der Waals surface area contributed by atoms with Gasteiger partial charge < -0.3 is 14.9 Å². The van der Waals surface area contributed by atoms with E-state index in [1.165, 1.54) is 4.90 Å². The summed E-state index contributed by atoms with van der Waals surface area (Å²) in [5.74, 6) is 0.0592. The third-order valence-corrected chi connectivity index (χ3v) is 5.29. The van der Waals surface area contributed by atoms with E-state index in [1.54, 1.807) is 0 Å². The fraction of sp³-hybridized carbons (Fsp3) is 0.917. The molecule has 2 aliphatic rings. The van der Waals surface area contributed by atoms with Crippen LogP contribution in [0, 0.1) is 5.92 Å². The zero-order valence-electron chi connectivity index (χ0n) is 11.4. The molecule has 0 bridgehead atoms. The van der Waals surface area contributed by atoms with Gasteiger partial charge in [0.1, 0.15) is 5.25 Å². The molecule has 0 aliphatic carbocycles. The standard InChI is InChI=1S/C12H21FN2O4S/c13-20(18,19)11-7-12(17)15(9-11)8-10-1-3-14(4-2-10)5-6-16/h10-11,16H,1-9H2. The molecule has 2 rings (SSSR count). The second kappa shape index (κ2) is 6.36. The molecule has 1 N–H and O–H groups in total. The van der Waals surface area contributed by atoms with Gasteiger partial charge in [-0.15, -0.1) is 3.89 Å². The summed E-state index contributed by atoms with van der Waals surface area (Å²) in [6.07, 6.45) is 1.59. The highest BCUT2D eigenvalue weighted by Crippen LogP contribution is 2.24. The Morgan fingerprint density at radius 3 is 2.45 bits per heavy atom. The van der Waals surface area contributed by atoms with Gasteiger partial charge in [0.05, 0.1) is 6.61 Å². The van der Waals surface area contributed by atoms with Crippen molar-refractivity contribution in [2.45, 2.75) is 24.5 Å². The van der Waals surface area contributed by atoms with Crippen molar-refractivity contribution in [3.63, 3.8) is 0 Å². The van der Waals surface area contributed by atoms with E-state index >= 15 is 0 Å². The van der Waals surface area contributed by atoms with Gasteiger partial charge in [0.2, 0.25) is 5.91 Å². The molecule has 0 radical (unpaired) electrons. The summed E-state index contributed by atoms with van der Waals surface area (Å²) in [6, 6.07) is 0. The summed E-state index contributed by atoms with van der Waals surface area (Å²) in [5, 5.41) is 7.68. The summed E-state index contributed by atoms with van der Waals surface area (Å²) in [4.78, 5) is 15.4. The Morgan fingerprint density at radius 2 is 1.95 bits per heavy atom. The number of β-amino-alcohol motifs (C(OH)–C–C–N with tert-alkyl or cyclic N) is 1. The fourth-order valence-electron chi connectivity index (χ4n) is 2.95. The van der Waals surface area contributed by atoms with Crippen LogP contribution in [-0.2, 0) is 15.0 Å². The van der Waals surface area contributed by atoms with E-state index in [1.807, 2.05) is 0 Å². The molecule has 1 amide bonds. The second-order valence-electron chi connectivity index (χ2n) is 5.61. The molecule has 1 atom stereocenters. The Morgan fingerprint density at radius 1 is 1.30 bits per heavy atom. The number of hydrogen-bond acceptors (Lipinski definition) is 5. The smallest absolute Gasteiger partial charge is 0.307 e. The minimum absolute atomic E-state index is 0.0193. The number of aliphatic hydroxyl groups excluding tert-OH is 1. The lowest BCUT2D eigenvalue weighted by Crippen LogP contribution is -2.40. The molecule has 2 fully saturated rings. The Bertz CT molecular complexity index is 448. The van der Waals surface area contributed by atoms with Gasteiger partial charge >= 0.3 is 10.2 Å². The first kappa shape index (κ1) is 15.7. The van der Waals surface area contributed by atoms with E-state index in [4.69, 9.17) is 5.11 Å². The molecule has 1 unspecified atom stereocenters. The topological polar surface area (TPSA) is 77.9 Å². The van der Waals surface area contributed by atoms with Crippen LogP contribution in [0.3, 0.4) is 0 Å². The van der Waals surface area contributed by atoms with Crippen molar-refractivity contribution in [1.29, 1.82) is 0 Å². The Kier molecular flexibility index (Phi) is 4.98. The van der Waals surface area contributed by atoms with Gasteiger partial charge in [-0.3, -0.25) is 4.79 Å². The van der Waals surface area contributed by atoms with Crippen molar-refractivity contribution >= 4 is 16.1 Å². The monoisotopic (exact) mass is 308 g/mol. The van der Waals surface area contributed by atoms with Crippen LogP contribution in [0.15, 0.2) is 0 Å². The van der Waals surface area contributed by atoms with E-state index in [2.05, 4.69) is 4.90 Å². The van der Waals surface area contributed by atoms with Crippen LogP contribution in [0.5, 0.6) is 0 Å². The zero-order valence-corrected chi connectivity index (χ0v) is 12.2. The summed E-state index contributed by atoms with van der Waals surface area (Å²) in [6.45, 7) is 3.05. The van der Waals surface area contributed by atoms with Crippen LogP contribution in [0.4, 0.5) is 3.89 Å². The highest BCUT2D eigenvalue weighted by molar-refractivity contribution is 7.87. The minimum Gasteiger partial charge on any atom is -0.395 e. The average Bonchev–Trinajstić information content (AvgIpc) is 2.74. The SMILES string of the molecule is O=C1CC(S(=O)(=O)F)CN1CC1CCN(CCO)CC1. The van der Waals surface area contributed by atoms with Crippen LogP contribution in [0.25, 0.3) is 0 Å². The number of nitrogens with zero attached hydrogens (tertiary/aromatic N) is 2. The Labute approximate surface area is 118 Å². The van der Waals surface area contributed by atoms with E-state index in [0.717, 1.165) is 25.9 Å². The Hall–Kier alpha value is -0.730. The number of carbonyl (C=O) groups is 1. The quantitative estimate of drug-likeness (QED) is 0.699. The maximum absolute atomic E-state index is 12.9. The van der Waals surface area contributed by atoms with Crippen molar-refractivity contribution in [3.8, 4) is 0 Å². The second-order valence-corrected chi connectivity index (χ2v) is 7.23. The molecule has 2 heterocycles. The molecule has 0 aromatic heterocycles. The van der Waals surface area contributed by atoms with Crippen LogP contribution in [-0.4, -0.2) is 73.8 Å². The predicted octanol–water partition coefficient (Wildman–Crippen LogP) is -0.409. The maximum atomic E-state index is 12.9. The van der Waals surface area contributed by atoms with Crippen molar-refractivity contribution in [2.75, 3.05) is 39.3 Å². The molecule has 116 valence electrons. The van der Waals surface area contributed by atoms with Gasteiger partial charge in [0, 0.05) is 26.1 Å². The molecule has 0 spiro atoms. The van der Waals surface area contributed by atoms with Crippen molar-refractivity contribution < 1.29 is 22.2 Å². The van der Waals surface area contributed by atoms with Crippen LogP contribution >= 0.6 is 0 Å². The Balaban J connectivity index is 1.82. The lowest BCUT2D eigenvalue weighted by atomic mass is 9.96. The highest BCUT2D eigenvalue weighted by atomic mass is 32.3. The highest BCUT2D eigenvalue weighted by Gasteiger charge is 2.39. The van der Waals surface area contributed by atoms with Crippen LogP contribution in [0.2, 0.25) is 0 Å². The third kappa shape index (κ3) is 3.89. The van der Waals surface area contributed by atoms with Crippen molar-refractivity contribution in [3.05, 3.63) is 0 Å². The molecule has 8 heteroatoms. The number of halogens is 1. The predicted molar refractivity (Wildman–Crippen MR) is 71.3 cm³/mol. The number of carbonyl (C=O) groups excluding carboxylic acids is 1. The van der Waals surface area contributed by atoms with Gasteiger partial charge in [-0.05, 0) is 31.8 Å². The number of hydrogen-bond donors (Lipinski definition) is 1.